The number of aromatic nitrogens is 2. The van der Waals surface area contributed by atoms with Crippen molar-refractivity contribution in [2.75, 3.05) is 12.8 Å². The zero-order chi connectivity index (χ0) is 20.7. The Morgan fingerprint density at radius 3 is 2.47 bits per heavy atom. The molecule has 3 saturated carbocycles. The van der Waals surface area contributed by atoms with Crippen molar-refractivity contribution < 1.29 is 13.9 Å². The van der Waals surface area contributed by atoms with Crippen molar-refractivity contribution in [3.05, 3.63) is 40.7 Å². The monoisotopic (exact) mass is 411 g/mol. The molecule has 3 aliphatic carbocycles. The Bertz CT molecular complexity index is 934. The first-order valence-electron chi connectivity index (χ1n) is 11.2. The number of benzene rings is 1. The minimum Gasteiger partial charge on any atom is -0.382 e. The molecule has 1 aliphatic heterocycles. The van der Waals surface area contributed by atoms with Gasteiger partial charge in [0.2, 0.25) is 0 Å². The lowest BCUT2D eigenvalue weighted by Crippen LogP contribution is -2.26. The van der Waals surface area contributed by atoms with E-state index in [9.17, 15) is 4.39 Å². The van der Waals surface area contributed by atoms with Crippen molar-refractivity contribution >= 4 is 5.82 Å². The predicted molar refractivity (Wildman–Crippen MR) is 114 cm³/mol. The molecular weight excluding hydrogens is 381 g/mol. The normalized spacial score (nSPS) is 21.8. The lowest BCUT2D eigenvalue weighted by atomic mass is 9.93. The molecule has 2 N–H and O–H groups in total. The second-order valence-corrected chi connectivity index (χ2v) is 9.20. The number of hydrogen-bond acceptors (Lipinski definition) is 5. The summed E-state index contributed by atoms with van der Waals surface area (Å²) in [5.41, 5.74) is 10.0. The van der Waals surface area contributed by atoms with Gasteiger partial charge >= 0.3 is 0 Å². The Hall–Kier alpha value is -2.05. The molecule has 1 aromatic heterocycles. The van der Waals surface area contributed by atoms with Crippen LogP contribution in [0.3, 0.4) is 0 Å². The largest absolute Gasteiger partial charge is 0.382 e. The second kappa shape index (κ2) is 7.89. The highest BCUT2D eigenvalue weighted by molar-refractivity contribution is 5.68. The summed E-state index contributed by atoms with van der Waals surface area (Å²) in [7, 11) is 1.80. The molecule has 2 heterocycles. The Morgan fingerprint density at radius 2 is 1.87 bits per heavy atom. The van der Waals surface area contributed by atoms with Crippen molar-refractivity contribution in [1.29, 1.82) is 0 Å². The number of fused-ring (bicyclic) bond motifs is 1. The summed E-state index contributed by atoms with van der Waals surface area (Å²) in [4.78, 5) is 0. The average molecular weight is 412 g/mol. The van der Waals surface area contributed by atoms with E-state index < -0.39 is 0 Å². The molecule has 2 aromatic rings. The average Bonchev–Trinajstić information content (AvgIpc) is 3.68. The standard InChI is InChI=1S/C18H18FN3O.C6H12O/c19-15-7-11(10-1-2-10)3-4-12(15)16-13-8-18(5-6-18)23-9-14(13)17(20)22-21-16;1-7-6-4-2-3-5-6/h3-4,7,10H,1-2,5-6,8-9H2,(H2,20,22);6H,2-5H2,1H3. The third kappa shape index (κ3) is 3.95. The van der Waals surface area contributed by atoms with Crippen LogP contribution in [-0.2, 0) is 22.5 Å². The Labute approximate surface area is 177 Å². The molecule has 0 bridgehead atoms. The van der Waals surface area contributed by atoms with Gasteiger partial charge in [-0.1, -0.05) is 18.9 Å². The highest BCUT2D eigenvalue weighted by Gasteiger charge is 2.48. The molecule has 4 aliphatic rings. The molecule has 3 fully saturated rings. The number of rotatable bonds is 3. The van der Waals surface area contributed by atoms with Gasteiger partial charge in [-0.15, -0.1) is 10.2 Å². The molecule has 0 saturated heterocycles. The van der Waals surface area contributed by atoms with Gasteiger partial charge in [0.1, 0.15) is 5.82 Å². The van der Waals surface area contributed by atoms with Crippen LogP contribution in [0.1, 0.15) is 74.0 Å². The first-order valence-corrected chi connectivity index (χ1v) is 11.2. The molecule has 160 valence electrons. The van der Waals surface area contributed by atoms with Crippen molar-refractivity contribution in [3.8, 4) is 11.3 Å². The van der Waals surface area contributed by atoms with Gasteiger partial charge in [0.25, 0.3) is 0 Å². The maximum Gasteiger partial charge on any atom is 0.151 e. The Morgan fingerprint density at radius 1 is 1.10 bits per heavy atom. The number of anilines is 1. The molecule has 1 aromatic carbocycles. The minimum atomic E-state index is -0.216. The molecule has 0 unspecified atom stereocenters. The minimum absolute atomic E-state index is 0.0678. The summed E-state index contributed by atoms with van der Waals surface area (Å²) < 4.78 is 25.7. The maximum atomic E-state index is 14.7. The van der Waals surface area contributed by atoms with E-state index >= 15 is 0 Å². The number of methoxy groups -OCH3 is 1. The molecular formula is C24H30FN3O2. The highest BCUT2D eigenvalue weighted by atomic mass is 19.1. The molecule has 0 radical (unpaired) electrons. The quantitative estimate of drug-likeness (QED) is 0.776. The summed E-state index contributed by atoms with van der Waals surface area (Å²) in [6, 6.07) is 5.52. The van der Waals surface area contributed by atoms with Crippen molar-refractivity contribution in [3.63, 3.8) is 0 Å². The van der Waals surface area contributed by atoms with Crippen molar-refractivity contribution in [1.82, 2.24) is 10.2 Å². The molecule has 5 nitrogen and oxygen atoms in total. The van der Waals surface area contributed by atoms with Crippen molar-refractivity contribution in [2.45, 2.75) is 82.0 Å². The van der Waals surface area contributed by atoms with Crippen LogP contribution in [0.25, 0.3) is 11.3 Å². The zero-order valence-corrected chi connectivity index (χ0v) is 17.6. The fourth-order valence-corrected chi connectivity index (χ4v) is 4.67. The number of nitrogens with two attached hydrogens (primary N) is 1. The third-order valence-electron chi connectivity index (χ3n) is 6.98. The van der Waals surface area contributed by atoms with Crippen LogP contribution in [0.4, 0.5) is 10.2 Å². The van der Waals surface area contributed by atoms with Gasteiger partial charge in [0, 0.05) is 24.7 Å². The SMILES string of the molecule is COC1CCCC1.Nc1nnc(-c2ccc(C3CC3)cc2F)c2c1COC1(CC1)C2. The van der Waals surface area contributed by atoms with Gasteiger partial charge in [-0.05, 0) is 67.7 Å². The van der Waals surface area contributed by atoms with Crippen LogP contribution < -0.4 is 5.73 Å². The van der Waals surface area contributed by atoms with Crippen LogP contribution in [-0.4, -0.2) is 29.0 Å². The lowest BCUT2D eigenvalue weighted by Gasteiger charge is -2.27. The molecule has 0 amide bonds. The topological polar surface area (TPSA) is 70.3 Å². The van der Waals surface area contributed by atoms with Gasteiger partial charge in [-0.3, -0.25) is 0 Å². The van der Waals surface area contributed by atoms with E-state index in [2.05, 4.69) is 10.2 Å². The van der Waals surface area contributed by atoms with E-state index in [4.69, 9.17) is 15.2 Å². The molecule has 30 heavy (non-hydrogen) atoms. The number of halogens is 1. The first kappa shape index (κ1) is 19.9. The maximum absolute atomic E-state index is 14.7. The van der Waals surface area contributed by atoms with Crippen LogP contribution in [0, 0.1) is 5.82 Å². The van der Waals surface area contributed by atoms with Gasteiger partial charge in [-0.2, -0.15) is 0 Å². The fourth-order valence-electron chi connectivity index (χ4n) is 4.67. The van der Waals surface area contributed by atoms with E-state index in [0.717, 1.165) is 48.8 Å². The summed E-state index contributed by atoms with van der Waals surface area (Å²) >= 11 is 0. The van der Waals surface area contributed by atoms with Crippen LogP contribution in [0.15, 0.2) is 18.2 Å². The van der Waals surface area contributed by atoms with Crippen molar-refractivity contribution in [2.24, 2.45) is 0 Å². The van der Waals surface area contributed by atoms with E-state index in [1.54, 1.807) is 13.2 Å². The van der Waals surface area contributed by atoms with Gasteiger partial charge in [0.05, 0.1) is 24.0 Å². The van der Waals surface area contributed by atoms with Gasteiger partial charge in [-0.25, -0.2) is 4.39 Å². The second-order valence-electron chi connectivity index (χ2n) is 9.20. The van der Waals surface area contributed by atoms with Gasteiger partial charge < -0.3 is 15.2 Å². The molecule has 6 heteroatoms. The molecule has 6 rings (SSSR count). The molecule has 0 atom stereocenters. The summed E-state index contributed by atoms with van der Waals surface area (Å²) in [5, 5.41) is 8.26. The lowest BCUT2D eigenvalue weighted by molar-refractivity contribution is 0.00838. The summed E-state index contributed by atoms with van der Waals surface area (Å²) in [5.74, 6) is 0.717. The van der Waals surface area contributed by atoms with Crippen LogP contribution >= 0.6 is 0 Å². The smallest absolute Gasteiger partial charge is 0.151 e. The third-order valence-corrected chi connectivity index (χ3v) is 6.98. The van der Waals surface area contributed by atoms with Crippen LogP contribution in [0.2, 0.25) is 0 Å². The number of hydrogen-bond donors (Lipinski definition) is 1. The van der Waals surface area contributed by atoms with E-state index in [-0.39, 0.29) is 11.4 Å². The van der Waals surface area contributed by atoms with E-state index in [1.165, 1.54) is 25.7 Å². The Balaban J connectivity index is 0.000000236. The summed E-state index contributed by atoms with van der Waals surface area (Å²) in [6.45, 7) is 0.450. The number of nitrogens with zero attached hydrogens (tertiary/aromatic N) is 2. The zero-order valence-electron chi connectivity index (χ0n) is 17.6. The summed E-state index contributed by atoms with van der Waals surface area (Å²) in [6.07, 6.45) is 11.1. The molecule has 1 spiro atoms. The first-order chi connectivity index (χ1) is 14.6. The number of nitrogen functional groups attached to an aromatic ring is 1. The van der Waals surface area contributed by atoms with E-state index in [0.29, 0.717) is 35.7 Å². The van der Waals surface area contributed by atoms with Crippen LogP contribution in [0.5, 0.6) is 0 Å². The van der Waals surface area contributed by atoms with Gasteiger partial charge in [0.15, 0.2) is 5.82 Å². The fraction of sp³-hybridized carbons (Fsp3) is 0.583. The highest BCUT2D eigenvalue weighted by Crippen LogP contribution is 2.49. The number of ether oxygens (including phenoxy) is 2. The predicted octanol–water partition coefficient (Wildman–Crippen LogP) is 4.92. The van der Waals surface area contributed by atoms with E-state index in [1.807, 2.05) is 12.1 Å². The Kier molecular flexibility index (Phi) is 5.23.